The van der Waals surface area contributed by atoms with E-state index in [0.717, 1.165) is 5.92 Å². The van der Waals surface area contributed by atoms with Crippen molar-refractivity contribution in [2.24, 2.45) is 11.3 Å². The van der Waals surface area contributed by atoms with Crippen molar-refractivity contribution in [3.63, 3.8) is 0 Å². The van der Waals surface area contributed by atoms with Gasteiger partial charge in [-0.3, -0.25) is 0 Å². The molecule has 0 heterocycles. The summed E-state index contributed by atoms with van der Waals surface area (Å²) in [7, 11) is 0. The highest BCUT2D eigenvalue weighted by molar-refractivity contribution is 5.79. The molecule has 2 bridgehead atoms. The summed E-state index contributed by atoms with van der Waals surface area (Å²) in [5.41, 5.74) is 5.53. The Balaban J connectivity index is 1.78. The predicted octanol–water partition coefficient (Wildman–Crippen LogP) is 5.55. The van der Waals surface area contributed by atoms with Crippen molar-refractivity contribution in [3.05, 3.63) is 41.5 Å². The van der Waals surface area contributed by atoms with Crippen molar-refractivity contribution in [1.29, 1.82) is 0 Å². The molecule has 0 radical (unpaired) electrons. The monoisotopic (exact) mass is 252 g/mol. The van der Waals surface area contributed by atoms with E-state index in [9.17, 15) is 0 Å². The maximum absolute atomic E-state index is 2.65. The minimum absolute atomic E-state index is 0.573. The molecule has 0 aliphatic heterocycles. The van der Waals surface area contributed by atoms with E-state index >= 15 is 0 Å². The molecule has 0 aromatic heterocycles. The van der Waals surface area contributed by atoms with E-state index in [1.165, 1.54) is 44.9 Å². The molecule has 3 aliphatic rings. The van der Waals surface area contributed by atoms with Gasteiger partial charge in [-0.2, -0.15) is 0 Å². The highest BCUT2D eigenvalue weighted by Crippen LogP contribution is 2.62. The van der Waals surface area contributed by atoms with Gasteiger partial charge in [-0.25, -0.2) is 0 Å². The maximum Gasteiger partial charge on any atom is 0.00301 e. The van der Waals surface area contributed by atoms with Crippen LogP contribution in [0.25, 0.3) is 5.57 Å². The third kappa shape index (κ3) is 1.65. The van der Waals surface area contributed by atoms with Gasteiger partial charge >= 0.3 is 0 Å². The summed E-state index contributed by atoms with van der Waals surface area (Å²) < 4.78 is 0. The van der Waals surface area contributed by atoms with Gasteiger partial charge in [0.05, 0.1) is 0 Å². The summed E-state index contributed by atoms with van der Waals surface area (Å²) in [6, 6.07) is 9.22. The number of hydrogen-bond acceptors (Lipinski definition) is 0. The summed E-state index contributed by atoms with van der Waals surface area (Å²) >= 11 is 0. The minimum Gasteiger partial charge on any atom is -0.0726 e. The van der Waals surface area contributed by atoms with Gasteiger partial charge in [0, 0.05) is 5.92 Å². The second-order valence-corrected chi connectivity index (χ2v) is 6.99. The van der Waals surface area contributed by atoms with E-state index in [4.69, 9.17) is 0 Å². The van der Waals surface area contributed by atoms with Crippen molar-refractivity contribution < 1.29 is 0 Å². The van der Waals surface area contributed by atoms with Gasteiger partial charge in [0.25, 0.3) is 0 Å². The second kappa shape index (κ2) is 4.23. The third-order valence-electron chi connectivity index (χ3n) is 5.93. The molecule has 0 nitrogen and oxygen atoms in total. The average Bonchev–Trinajstić information content (AvgIpc) is 3.12. The van der Waals surface area contributed by atoms with Crippen molar-refractivity contribution in [1.82, 2.24) is 0 Å². The molecule has 100 valence electrons. The fourth-order valence-electron chi connectivity index (χ4n) is 5.03. The molecule has 1 aromatic carbocycles. The Morgan fingerprint density at radius 2 is 1.95 bits per heavy atom. The normalized spacial score (nSPS) is 35.5. The molecular weight excluding hydrogens is 228 g/mol. The molecule has 3 aliphatic carbocycles. The fourth-order valence-corrected chi connectivity index (χ4v) is 5.03. The van der Waals surface area contributed by atoms with Crippen LogP contribution in [0.15, 0.2) is 30.3 Å². The van der Waals surface area contributed by atoms with Crippen molar-refractivity contribution >= 4 is 5.57 Å². The summed E-state index contributed by atoms with van der Waals surface area (Å²) in [6.07, 6.45) is 12.6. The number of benzene rings is 1. The van der Waals surface area contributed by atoms with Crippen molar-refractivity contribution in [3.8, 4) is 0 Å². The lowest BCUT2D eigenvalue weighted by atomic mass is 9.75. The van der Waals surface area contributed by atoms with Crippen LogP contribution in [-0.4, -0.2) is 0 Å². The average molecular weight is 252 g/mol. The molecule has 0 N–H and O–H groups in total. The molecule has 19 heavy (non-hydrogen) atoms. The van der Waals surface area contributed by atoms with Gasteiger partial charge in [0.1, 0.15) is 0 Å². The molecular formula is C19H24. The Labute approximate surface area is 116 Å². The van der Waals surface area contributed by atoms with Gasteiger partial charge in [-0.15, -0.1) is 0 Å². The second-order valence-electron chi connectivity index (χ2n) is 6.99. The smallest absolute Gasteiger partial charge is 0.00301 e. The highest BCUT2D eigenvalue weighted by Gasteiger charge is 2.48. The van der Waals surface area contributed by atoms with Crippen LogP contribution in [0.4, 0.5) is 0 Å². The zero-order valence-electron chi connectivity index (χ0n) is 12.0. The van der Waals surface area contributed by atoms with Crippen LogP contribution in [0, 0.1) is 11.3 Å². The highest BCUT2D eigenvalue weighted by atomic mass is 14.5. The lowest BCUT2D eigenvalue weighted by molar-refractivity contribution is 0.399. The lowest BCUT2D eigenvalue weighted by Gasteiger charge is -2.29. The van der Waals surface area contributed by atoms with E-state index in [-0.39, 0.29) is 0 Å². The van der Waals surface area contributed by atoms with E-state index < -0.39 is 0 Å². The van der Waals surface area contributed by atoms with Gasteiger partial charge in [-0.1, -0.05) is 43.7 Å². The zero-order valence-corrected chi connectivity index (χ0v) is 12.0. The van der Waals surface area contributed by atoms with Gasteiger partial charge in [0.15, 0.2) is 0 Å². The van der Waals surface area contributed by atoms with E-state index in [2.05, 4.69) is 37.3 Å². The van der Waals surface area contributed by atoms with Crippen molar-refractivity contribution in [2.75, 3.05) is 0 Å². The zero-order chi connectivity index (χ0) is 12.9. The molecule has 0 spiro atoms. The molecule has 4 rings (SSSR count). The van der Waals surface area contributed by atoms with Crippen LogP contribution in [0.3, 0.4) is 0 Å². The number of fused-ring (bicyclic) bond motifs is 3. The van der Waals surface area contributed by atoms with Crippen LogP contribution >= 0.6 is 0 Å². The molecule has 0 amide bonds. The molecule has 1 atom stereocenters. The maximum atomic E-state index is 2.65. The first-order chi connectivity index (χ1) is 9.32. The van der Waals surface area contributed by atoms with Crippen LogP contribution < -0.4 is 0 Å². The standard InChI is InChI=1S/C19H24/c1-2-5-15-12-18(17-7-4-3-6-16(15)17)19-10-8-14(13-19)9-11-19/h3-4,6-7,12,14-15H,2,5,8-11,13H2,1H3. The topological polar surface area (TPSA) is 0 Å². The Bertz CT molecular complexity index is 515. The Morgan fingerprint density at radius 3 is 2.63 bits per heavy atom. The van der Waals surface area contributed by atoms with Crippen LogP contribution in [0.5, 0.6) is 0 Å². The largest absolute Gasteiger partial charge is 0.0726 e. The molecule has 0 heteroatoms. The Kier molecular flexibility index (Phi) is 2.62. The number of hydrogen-bond donors (Lipinski definition) is 0. The molecule has 1 aromatic rings. The molecule has 2 saturated carbocycles. The molecule has 2 fully saturated rings. The van der Waals surface area contributed by atoms with Crippen LogP contribution in [0.2, 0.25) is 0 Å². The van der Waals surface area contributed by atoms with E-state index in [1.807, 2.05) is 0 Å². The van der Waals surface area contributed by atoms with Gasteiger partial charge < -0.3 is 0 Å². The summed E-state index contributed by atoms with van der Waals surface area (Å²) in [4.78, 5) is 0. The van der Waals surface area contributed by atoms with E-state index in [0.29, 0.717) is 11.3 Å². The van der Waals surface area contributed by atoms with Crippen molar-refractivity contribution in [2.45, 2.75) is 57.8 Å². The first-order valence-electron chi connectivity index (χ1n) is 8.14. The Morgan fingerprint density at radius 1 is 1.16 bits per heavy atom. The fraction of sp³-hybridized carbons (Fsp3) is 0.579. The lowest BCUT2D eigenvalue weighted by Crippen LogP contribution is -2.15. The predicted molar refractivity (Wildman–Crippen MR) is 81.1 cm³/mol. The third-order valence-corrected chi connectivity index (χ3v) is 5.93. The van der Waals surface area contributed by atoms with Crippen LogP contribution in [0.1, 0.15) is 68.9 Å². The minimum atomic E-state index is 0.573. The summed E-state index contributed by atoms with van der Waals surface area (Å²) in [5.74, 6) is 1.74. The summed E-state index contributed by atoms with van der Waals surface area (Å²) in [6.45, 7) is 2.31. The summed E-state index contributed by atoms with van der Waals surface area (Å²) in [5, 5.41) is 0. The first-order valence-corrected chi connectivity index (χ1v) is 8.14. The van der Waals surface area contributed by atoms with Gasteiger partial charge in [0.2, 0.25) is 0 Å². The Hall–Kier alpha value is -1.04. The molecule has 0 saturated heterocycles. The SMILES string of the molecule is CCCC1C=C(C23CCC(CC2)C3)c2ccccc21. The van der Waals surface area contributed by atoms with Crippen LogP contribution in [-0.2, 0) is 0 Å². The first kappa shape index (κ1) is 11.8. The molecule has 1 unspecified atom stereocenters. The number of allylic oxidation sites excluding steroid dienone is 2. The van der Waals surface area contributed by atoms with E-state index in [1.54, 1.807) is 16.7 Å². The van der Waals surface area contributed by atoms with Gasteiger partial charge in [-0.05, 0) is 66.6 Å². The number of rotatable bonds is 3. The quantitative estimate of drug-likeness (QED) is 0.662.